The Kier molecular flexibility index (Phi) is 6.10. The SMILES string of the molecule is CC(C)(CCO)NC(=O)COc1ccc(Br)cc1Cl. The van der Waals surface area contributed by atoms with Crippen LogP contribution in [0.25, 0.3) is 0 Å². The maximum atomic E-state index is 11.7. The Labute approximate surface area is 126 Å². The van der Waals surface area contributed by atoms with Crippen molar-refractivity contribution in [3.8, 4) is 5.75 Å². The highest BCUT2D eigenvalue weighted by atomic mass is 79.9. The summed E-state index contributed by atoms with van der Waals surface area (Å²) in [6.07, 6.45) is 0.484. The fourth-order valence-corrected chi connectivity index (χ4v) is 2.22. The lowest BCUT2D eigenvalue weighted by atomic mass is 10.0. The number of hydrogen-bond donors (Lipinski definition) is 2. The highest BCUT2D eigenvalue weighted by molar-refractivity contribution is 9.10. The monoisotopic (exact) mass is 349 g/mol. The number of carbonyl (C=O) groups is 1. The first-order valence-electron chi connectivity index (χ1n) is 5.84. The standard InChI is InChI=1S/C13H17BrClNO3/c1-13(2,5-6-17)16-12(18)8-19-11-4-3-9(14)7-10(11)15/h3-4,7,17H,5-6,8H2,1-2H3,(H,16,18). The maximum Gasteiger partial charge on any atom is 0.258 e. The second kappa shape index (κ2) is 7.12. The molecule has 0 aromatic heterocycles. The van der Waals surface area contributed by atoms with Gasteiger partial charge in [0, 0.05) is 16.6 Å². The van der Waals surface area contributed by atoms with Gasteiger partial charge in [-0.15, -0.1) is 0 Å². The molecule has 6 heteroatoms. The van der Waals surface area contributed by atoms with Gasteiger partial charge in [0.1, 0.15) is 5.75 Å². The summed E-state index contributed by atoms with van der Waals surface area (Å²) in [5.41, 5.74) is -0.460. The van der Waals surface area contributed by atoms with Crippen LogP contribution in [0.5, 0.6) is 5.75 Å². The van der Waals surface area contributed by atoms with E-state index in [1.54, 1.807) is 18.2 Å². The minimum atomic E-state index is -0.460. The Bertz CT molecular complexity index is 452. The van der Waals surface area contributed by atoms with E-state index in [1.807, 2.05) is 13.8 Å². The Morgan fingerprint density at radius 2 is 2.21 bits per heavy atom. The molecular formula is C13H17BrClNO3. The Morgan fingerprint density at radius 1 is 1.53 bits per heavy atom. The van der Waals surface area contributed by atoms with E-state index in [2.05, 4.69) is 21.2 Å². The number of nitrogens with one attached hydrogen (secondary N) is 1. The predicted molar refractivity (Wildman–Crippen MR) is 78.6 cm³/mol. The van der Waals surface area contributed by atoms with Gasteiger partial charge in [0.2, 0.25) is 0 Å². The lowest BCUT2D eigenvalue weighted by Gasteiger charge is -2.25. The van der Waals surface area contributed by atoms with Crippen LogP contribution in [0, 0.1) is 0 Å². The van der Waals surface area contributed by atoms with Crippen LogP contribution in [0.2, 0.25) is 5.02 Å². The first-order valence-corrected chi connectivity index (χ1v) is 7.01. The first kappa shape index (κ1) is 16.3. The molecule has 0 bridgehead atoms. The lowest BCUT2D eigenvalue weighted by Crippen LogP contribution is -2.46. The van der Waals surface area contributed by atoms with Gasteiger partial charge in [0.25, 0.3) is 5.91 Å². The normalized spacial score (nSPS) is 11.2. The highest BCUT2D eigenvalue weighted by Crippen LogP contribution is 2.27. The van der Waals surface area contributed by atoms with Gasteiger partial charge in [-0.2, -0.15) is 0 Å². The van der Waals surface area contributed by atoms with Gasteiger partial charge in [-0.1, -0.05) is 27.5 Å². The second-order valence-electron chi connectivity index (χ2n) is 4.77. The summed E-state index contributed by atoms with van der Waals surface area (Å²) >= 11 is 9.27. The van der Waals surface area contributed by atoms with Crippen LogP contribution in [-0.2, 0) is 4.79 Å². The zero-order valence-electron chi connectivity index (χ0n) is 10.9. The molecule has 1 rings (SSSR count). The Balaban J connectivity index is 2.50. The molecule has 4 nitrogen and oxygen atoms in total. The smallest absolute Gasteiger partial charge is 0.258 e. The molecule has 2 N–H and O–H groups in total. The van der Waals surface area contributed by atoms with Gasteiger partial charge in [0.15, 0.2) is 6.61 Å². The topological polar surface area (TPSA) is 58.6 Å². The van der Waals surface area contributed by atoms with E-state index >= 15 is 0 Å². The van der Waals surface area contributed by atoms with Crippen molar-refractivity contribution in [1.29, 1.82) is 0 Å². The number of hydrogen-bond acceptors (Lipinski definition) is 3. The minimum Gasteiger partial charge on any atom is -0.482 e. The molecule has 19 heavy (non-hydrogen) atoms. The van der Waals surface area contributed by atoms with Crippen LogP contribution in [0.1, 0.15) is 20.3 Å². The molecule has 0 fully saturated rings. The van der Waals surface area contributed by atoms with E-state index in [0.29, 0.717) is 17.2 Å². The molecule has 0 spiro atoms. The lowest BCUT2D eigenvalue weighted by molar-refractivity contribution is -0.124. The summed E-state index contributed by atoms with van der Waals surface area (Å²) in [7, 11) is 0. The van der Waals surface area contributed by atoms with Crippen molar-refractivity contribution >= 4 is 33.4 Å². The number of carbonyl (C=O) groups excluding carboxylic acids is 1. The van der Waals surface area contributed by atoms with Gasteiger partial charge < -0.3 is 15.2 Å². The van der Waals surface area contributed by atoms with Gasteiger partial charge in [-0.25, -0.2) is 0 Å². The summed E-state index contributed by atoms with van der Waals surface area (Å²) in [5, 5.41) is 12.1. The van der Waals surface area contributed by atoms with E-state index in [1.165, 1.54) is 0 Å². The van der Waals surface area contributed by atoms with Crippen molar-refractivity contribution < 1.29 is 14.6 Å². The molecule has 0 unspecified atom stereocenters. The van der Waals surface area contributed by atoms with E-state index < -0.39 is 5.54 Å². The van der Waals surface area contributed by atoms with Crippen LogP contribution < -0.4 is 10.1 Å². The first-order chi connectivity index (χ1) is 8.84. The van der Waals surface area contributed by atoms with Crippen molar-refractivity contribution in [3.63, 3.8) is 0 Å². The van der Waals surface area contributed by atoms with Crippen LogP contribution in [0.15, 0.2) is 22.7 Å². The van der Waals surface area contributed by atoms with E-state index in [9.17, 15) is 4.79 Å². The molecule has 0 saturated heterocycles. The summed E-state index contributed by atoms with van der Waals surface area (Å²) in [6, 6.07) is 5.18. The van der Waals surface area contributed by atoms with E-state index in [-0.39, 0.29) is 19.1 Å². The zero-order chi connectivity index (χ0) is 14.5. The summed E-state index contributed by atoms with van der Waals surface area (Å²) in [4.78, 5) is 11.7. The number of aliphatic hydroxyl groups is 1. The van der Waals surface area contributed by atoms with Gasteiger partial charge in [-0.3, -0.25) is 4.79 Å². The molecule has 0 radical (unpaired) electrons. The molecule has 0 aliphatic heterocycles. The number of ether oxygens (including phenoxy) is 1. The van der Waals surface area contributed by atoms with Crippen molar-refractivity contribution in [2.24, 2.45) is 0 Å². The van der Waals surface area contributed by atoms with Gasteiger partial charge in [0.05, 0.1) is 5.02 Å². The molecular weight excluding hydrogens is 334 g/mol. The molecule has 0 saturated carbocycles. The van der Waals surface area contributed by atoms with Crippen LogP contribution in [0.4, 0.5) is 0 Å². The summed E-state index contributed by atoms with van der Waals surface area (Å²) in [5.74, 6) is 0.206. The quantitative estimate of drug-likeness (QED) is 0.829. The number of aliphatic hydroxyl groups excluding tert-OH is 1. The van der Waals surface area contributed by atoms with E-state index in [0.717, 1.165) is 4.47 Å². The van der Waals surface area contributed by atoms with Crippen LogP contribution in [-0.4, -0.2) is 29.8 Å². The van der Waals surface area contributed by atoms with Crippen molar-refractivity contribution in [3.05, 3.63) is 27.7 Å². The van der Waals surface area contributed by atoms with Crippen LogP contribution >= 0.6 is 27.5 Å². The average molecular weight is 351 g/mol. The summed E-state index contributed by atoms with van der Waals surface area (Å²) in [6.45, 7) is 3.59. The molecule has 0 aliphatic rings. The minimum absolute atomic E-state index is 0.0205. The van der Waals surface area contributed by atoms with Crippen molar-refractivity contribution in [2.75, 3.05) is 13.2 Å². The van der Waals surface area contributed by atoms with Crippen molar-refractivity contribution in [1.82, 2.24) is 5.32 Å². The average Bonchev–Trinajstić information content (AvgIpc) is 2.26. The Hall–Kier alpha value is -0.780. The molecule has 0 heterocycles. The molecule has 106 valence electrons. The maximum absolute atomic E-state index is 11.7. The third-order valence-corrected chi connectivity index (χ3v) is 3.26. The number of amides is 1. The predicted octanol–water partition coefficient (Wildman–Crippen LogP) is 2.76. The summed E-state index contributed by atoms with van der Waals surface area (Å²) < 4.78 is 6.20. The largest absolute Gasteiger partial charge is 0.482 e. The van der Waals surface area contributed by atoms with Gasteiger partial charge >= 0.3 is 0 Å². The zero-order valence-corrected chi connectivity index (χ0v) is 13.2. The Morgan fingerprint density at radius 3 is 2.79 bits per heavy atom. The van der Waals surface area contributed by atoms with Crippen LogP contribution in [0.3, 0.4) is 0 Å². The number of benzene rings is 1. The molecule has 1 aromatic rings. The van der Waals surface area contributed by atoms with Crippen molar-refractivity contribution in [2.45, 2.75) is 25.8 Å². The number of rotatable bonds is 6. The fourth-order valence-electron chi connectivity index (χ4n) is 1.49. The number of halogens is 2. The third kappa shape index (κ3) is 5.80. The van der Waals surface area contributed by atoms with E-state index in [4.69, 9.17) is 21.4 Å². The molecule has 0 atom stereocenters. The molecule has 0 aliphatic carbocycles. The second-order valence-corrected chi connectivity index (χ2v) is 6.09. The molecule has 1 aromatic carbocycles. The third-order valence-electron chi connectivity index (χ3n) is 2.47. The highest BCUT2D eigenvalue weighted by Gasteiger charge is 2.19. The van der Waals surface area contributed by atoms with Gasteiger partial charge in [-0.05, 0) is 38.5 Å². The fraction of sp³-hybridized carbons (Fsp3) is 0.462. The molecule has 1 amide bonds.